The number of phenols is 1. The minimum atomic E-state index is -0.187. The number of amides is 2. The van der Waals surface area contributed by atoms with Crippen LogP contribution in [0.4, 0.5) is 11.4 Å². The van der Waals surface area contributed by atoms with Gasteiger partial charge in [0.25, 0.3) is 11.8 Å². The van der Waals surface area contributed by atoms with E-state index in [0.29, 0.717) is 78.8 Å². The van der Waals surface area contributed by atoms with Crippen LogP contribution >= 0.6 is 24.0 Å². The van der Waals surface area contributed by atoms with E-state index in [4.69, 9.17) is 25.8 Å². The first-order valence-electron chi connectivity index (χ1n) is 18.7. The molecule has 1 aromatic heterocycles. The second-order valence-corrected chi connectivity index (χ2v) is 14.7. The van der Waals surface area contributed by atoms with Gasteiger partial charge in [0.1, 0.15) is 5.75 Å². The number of morpholine rings is 1. The van der Waals surface area contributed by atoms with Gasteiger partial charge in [-0.15, -0.1) is 12.4 Å². The van der Waals surface area contributed by atoms with E-state index in [0.717, 1.165) is 59.9 Å². The molecule has 0 spiro atoms. The van der Waals surface area contributed by atoms with Crippen LogP contribution in [0.3, 0.4) is 0 Å². The molecule has 0 aliphatic carbocycles. The summed E-state index contributed by atoms with van der Waals surface area (Å²) in [6, 6.07) is 27.7. The summed E-state index contributed by atoms with van der Waals surface area (Å²) in [6.45, 7) is 4.84. The molecular weight excluding hydrogens is 739 g/mol. The average Bonchev–Trinajstić information content (AvgIpc) is 3.83. The summed E-state index contributed by atoms with van der Waals surface area (Å²) in [7, 11) is 0. The number of nitrogens with zero attached hydrogens (tertiary/aromatic N) is 4. The summed E-state index contributed by atoms with van der Waals surface area (Å²) in [6.07, 6.45) is 3.25. The average molecular weight is 782 g/mol. The Morgan fingerprint density at radius 2 is 1.58 bits per heavy atom. The van der Waals surface area contributed by atoms with Crippen molar-refractivity contribution in [1.29, 1.82) is 0 Å². The van der Waals surface area contributed by atoms with Gasteiger partial charge in [-0.2, -0.15) is 0 Å². The highest BCUT2D eigenvalue weighted by atomic mass is 35.5. The molecule has 2 amide bonds. The van der Waals surface area contributed by atoms with E-state index in [-0.39, 0.29) is 42.8 Å². The molecule has 1 saturated heterocycles. The summed E-state index contributed by atoms with van der Waals surface area (Å²) in [4.78, 5) is 36.1. The normalized spacial score (nSPS) is 17.5. The Bertz CT molecular complexity index is 2220. The van der Waals surface area contributed by atoms with E-state index in [1.807, 2.05) is 65.6 Å². The Kier molecular flexibility index (Phi) is 10.5. The molecule has 10 nitrogen and oxygen atoms in total. The molecule has 5 heterocycles. The van der Waals surface area contributed by atoms with E-state index in [9.17, 15) is 9.90 Å². The largest absolute Gasteiger partial charge is 0.508 e. The van der Waals surface area contributed by atoms with Crippen LogP contribution in [-0.2, 0) is 30.7 Å². The van der Waals surface area contributed by atoms with Gasteiger partial charge in [-0.3, -0.25) is 19.4 Å². The molecule has 284 valence electrons. The summed E-state index contributed by atoms with van der Waals surface area (Å²) in [5.41, 5.74) is 6.97. The first-order chi connectivity index (χ1) is 26.4. The van der Waals surface area contributed by atoms with Crippen LogP contribution in [0.1, 0.15) is 50.4 Å². The van der Waals surface area contributed by atoms with E-state index in [1.54, 1.807) is 29.2 Å². The van der Waals surface area contributed by atoms with Gasteiger partial charge < -0.3 is 28.8 Å². The van der Waals surface area contributed by atoms with Crippen LogP contribution in [0.25, 0.3) is 11.3 Å². The van der Waals surface area contributed by atoms with Crippen molar-refractivity contribution in [2.75, 3.05) is 44.5 Å². The molecule has 0 unspecified atom stereocenters. The SMILES string of the molecule is Cl.O=C(c1cc(-c2cc3c(cc2C(=O)N2Cc4cccc(Cl)c4C[C@H]2CN2CCOCC2)OCO3)n2c1CCCC2)N(c1ccccc1)c1ccc(O)cc1. The van der Waals surface area contributed by atoms with Crippen LogP contribution in [0.5, 0.6) is 17.2 Å². The van der Waals surface area contributed by atoms with Crippen LogP contribution in [-0.4, -0.2) is 77.0 Å². The van der Waals surface area contributed by atoms with Crippen LogP contribution < -0.4 is 14.4 Å². The first kappa shape index (κ1) is 36.9. The fraction of sp³-hybridized carbons (Fsp3) is 0.302. The van der Waals surface area contributed by atoms with Gasteiger partial charge in [-0.25, -0.2) is 0 Å². The number of halogens is 2. The number of carbonyl (C=O) groups is 2. The van der Waals surface area contributed by atoms with E-state index >= 15 is 4.79 Å². The second-order valence-electron chi connectivity index (χ2n) is 14.3. The highest BCUT2D eigenvalue weighted by molar-refractivity contribution is 6.31. The monoisotopic (exact) mass is 780 g/mol. The number of anilines is 2. The van der Waals surface area contributed by atoms with Crippen molar-refractivity contribution in [3.63, 3.8) is 0 Å². The van der Waals surface area contributed by atoms with Gasteiger partial charge >= 0.3 is 0 Å². The molecule has 0 bridgehead atoms. The van der Waals surface area contributed by atoms with Crippen molar-refractivity contribution in [3.8, 4) is 28.5 Å². The molecule has 4 aromatic carbocycles. The lowest BCUT2D eigenvalue weighted by Crippen LogP contribution is -2.52. The summed E-state index contributed by atoms with van der Waals surface area (Å²) >= 11 is 6.75. The van der Waals surface area contributed by atoms with Crippen molar-refractivity contribution in [3.05, 3.63) is 124 Å². The fourth-order valence-electron chi connectivity index (χ4n) is 8.37. The van der Waals surface area contributed by atoms with Gasteiger partial charge in [0.2, 0.25) is 6.79 Å². The molecule has 1 atom stereocenters. The number of hydrogen-bond acceptors (Lipinski definition) is 7. The number of aromatic nitrogens is 1. The zero-order valence-corrected chi connectivity index (χ0v) is 31.9. The second kappa shape index (κ2) is 15.6. The first-order valence-corrected chi connectivity index (χ1v) is 19.0. The number of benzene rings is 4. The number of hydrogen-bond donors (Lipinski definition) is 1. The minimum Gasteiger partial charge on any atom is -0.508 e. The third kappa shape index (κ3) is 7.04. The minimum absolute atomic E-state index is 0. The molecule has 0 radical (unpaired) electrons. The lowest BCUT2D eigenvalue weighted by molar-refractivity contribution is 0.0193. The van der Waals surface area contributed by atoms with Gasteiger partial charge in [0.05, 0.1) is 24.3 Å². The van der Waals surface area contributed by atoms with Crippen LogP contribution in [0.15, 0.2) is 91.0 Å². The van der Waals surface area contributed by atoms with Gasteiger partial charge in [-0.1, -0.05) is 41.9 Å². The van der Waals surface area contributed by atoms with Gasteiger partial charge in [0.15, 0.2) is 11.5 Å². The Hall–Kier alpha value is -5.00. The summed E-state index contributed by atoms with van der Waals surface area (Å²) in [5.74, 6) is 0.914. The van der Waals surface area contributed by atoms with Crippen molar-refractivity contribution in [2.45, 2.75) is 44.8 Å². The zero-order valence-electron chi connectivity index (χ0n) is 30.3. The number of rotatable bonds is 7. The summed E-state index contributed by atoms with van der Waals surface area (Å²) in [5, 5.41) is 10.8. The molecule has 4 aliphatic rings. The lowest BCUT2D eigenvalue weighted by atomic mass is 9.91. The third-order valence-electron chi connectivity index (χ3n) is 11.1. The van der Waals surface area contributed by atoms with Crippen LogP contribution in [0, 0.1) is 0 Å². The highest BCUT2D eigenvalue weighted by Gasteiger charge is 2.36. The molecule has 1 fully saturated rings. The Morgan fingerprint density at radius 1 is 0.836 bits per heavy atom. The molecular formula is C43H42Cl2N4O6. The maximum atomic E-state index is 15.2. The van der Waals surface area contributed by atoms with Gasteiger partial charge in [-0.05, 0) is 97.5 Å². The Labute approximate surface area is 331 Å². The number of carbonyl (C=O) groups excluding carboxylic acids is 2. The van der Waals surface area contributed by atoms with Gasteiger partial charge in [0, 0.05) is 72.1 Å². The quantitative estimate of drug-likeness (QED) is 0.180. The number of ether oxygens (including phenoxy) is 3. The predicted molar refractivity (Wildman–Crippen MR) is 213 cm³/mol. The third-order valence-corrected chi connectivity index (χ3v) is 11.5. The number of aromatic hydroxyl groups is 1. The lowest BCUT2D eigenvalue weighted by Gasteiger charge is -2.41. The molecule has 4 aliphatic heterocycles. The van der Waals surface area contributed by atoms with Crippen molar-refractivity contribution >= 4 is 47.2 Å². The molecule has 0 saturated carbocycles. The van der Waals surface area contributed by atoms with E-state index in [2.05, 4.69) is 15.5 Å². The van der Waals surface area contributed by atoms with Crippen molar-refractivity contribution in [1.82, 2.24) is 14.4 Å². The predicted octanol–water partition coefficient (Wildman–Crippen LogP) is 7.88. The number of para-hydroxylation sites is 1. The Morgan fingerprint density at radius 3 is 2.36 bits per heavy atom. The molecule has 1 N–H and O–H groups in total. The van der Waals surface area contributed by atoms with E-state index < -0.39 is 0 Å². The highest BCUT2D eigenvalue weighted by Crippen LogP contribution is 2.43. The van der Waals surface area contributed by atoms with E-state index in [1.165, 1.54) is 0 Å². The number of fused-ring (bicyclic) bond motifs is 3. The molecule has 55 heavy (non-hydrogen) atoms. The fourth-order valence-corrected chi connectivity index (χ4v) is 8.65. The summed E-state index contributed by atoms with van der Waals surface area (Å²) < 4.78 is 19.6. The topological polar surface area (TPSA) is 96.7 Å². The maximum absolute atomic E-state index is 15.2. The Balaban J connectivity index is 0.00000427. The standard InChI is InChI=1S/C43H41ClN4O6.ClH/c44-37-10-6-7-28-25-47(31(21-33(28)37)26-45-17-19-52-20-18-45)42(50)35-24-41-40(53-27-54-41)23-34(35)39-22-36(38-11-4-5-16-46(38)39)43(51)48(29-8-2-1-3-9-29)30-12-14-32(49)15-13-30;/h1-3,6-10,12-15,22-24,31,49H,4-5,11,16-21,25-27H2;1H/t31-;/m0./s1. The molecule has 12 heteroatoms. The zero-order chi connectivity index (χ0) is 36.8. The van der Waals surface area contributed by atoms with Crippen LogP contribution in [0.2, 0.25) is 5.02 Å². The molecule has 9 rings (SSSR count). The maximum Gasteiger partial charge on any atom is 0.264 e. The number of phenolic OH excluding ortho intramolecular Hbond substituents is 1. The smallest absolute Gasteiger partial charge is 0.264 e. The van der Waals surface area contributed by atoms with Crippen molar-refractivity contribution < 1.29 is 28.9 Å². The molecule has 5 aromatic rings. The van der Waals surface area contributed by atoms with Crippen molar-refractivity contribution in [2.24, 2.45) is 0 Å².